The minimum Gasteiger partial charge on any atom is -0.297 e. The van der Waals surface area contributed by atoms with Gasteiger partial charge in [-0.05, 0) is 6.07 Å². The number of nitrogens with one attached hydrogen (secondary N) is 1. The molecule has 1 N–H and O–H groups in total. The number of nitro benzene ring substituents is 1. The van der Waals surface area contributed by atoms with E-state index in [0.29, 0.717) is 12.0 Å². The van der Waals surface area contributed by atoms with Gasteiger partial charge in [0, 0.05) is 12.1 Å². The van der Waals surface area contributed by atoms with Gasteiger partial charge in [-0.25, -0.2) is 0 Å². The van der Waals surface area contributed by atoms with Crippen molar-refractivity contribution in [2.75, 3.05) is 5.43 Å². The maximum atomic E-state index is 10.4. The lowest BCUT2D eigenvalue weighted by Crippen LogP contribution is -1.92. The molecule has 1 aromatic rings. The minimum atomic E-state index is -0.505. The van der Waals surface area contributed by atoms with Gasteiger partial charge >= 0.3 is 0 Å². The molecule has 0 saturated carbocycles. The first kappa shape index (κ1) is 9.85. The van der Waals surface area contributed by atoms with Gasteiger partial charge < -0.3 is 0 Å². The summed E-state index contributed by atoms with van der Waals surface area (Å²) in [4.78, 5) is 19.7. The molecule has 0 aliphatic heterocycles. The number of carbonyl (C=O) groups is 1. The number of carbonyl (C=O) groups excluding carboxylic acids is 1. The molecule has 0 aliphatic carbocycles. The van der Waals surface area contributed by atoms with E-state index in [1.54, 1.807) is 6.07 Å². The molecule has 14 heavy (non-hydrogen) atoms. The maximum Gasteiger partial charge on any atom is 0.271 e. The van der Waals surface area contributed by atoms with Gasteiger partial charge in [-0.15, -0.1) is 0 Å². The third-order valence-electron chi connectivity index (χ3n) is 1.39. The van der Waals surface area contributed by atoms with Crippen LogP contribution in [0.5, 0.6) is 0 Å². The molecule has 0 amide bonds. The zero-order chi connectivity index (χ0) is 10.4. The van der Waals surface area contributed by atoms with E-state index in [9.17, 15) is 14.9 Å². The fourth-order valence-electron chi connectivity index (χ4n) is 0.831. The van der Waals surface area contributed by atoms with Crippen molar-refractivity contribution in [1.82, 2.24) is 0 Å². The molecule has 0 aliphatic rings. The molecule has 6 heteroatoms. The van der Waals surface area contributed by atoms with Crippen molar-refractivity contribution in [3.05, 3.63) is 34.4 Å². The standard InChI is InChI=1S/C8H7N3O3/c12-5-4-9-10-7-2-1-3-8(6-7)11(13)14/h1-6,10H/b9-4+. The number of hydrazone groups is 1. The van der Waals surface area contributed by atoms with Gasteiger partial charge in [-0.3, -0.25) is 20.3 Å². The van der Waals surface area contributed by atoms with Crippen molar-refractivity contribution >= 4 is 23.9 Å². The molecule has 1 rings (SSSR count). The highest BCUT2D eigenvalue weighted by molar-refractivity contribution is 6.13. The molecule has 0 atom stereocenters. The SMILES string of the molecule is O=C/C=N/Nc1cccc([N+](=O)[O-])c1. The van der Waals surface area contributed by atoms with Crippen LogP contribution in [0.1, 0.15) is 0 Å². The van der Waals surface area contributed by atoms with Crippen molar-refractivity contribution < 1.29 is 9.72 Å². The third-order valence-corrected chi connectivity index (χ3v) is 1.39. The molecular formula is C8H7N3O3. The van der Waals surface area contributed by atoms with Crippen LogP contribution < -0.4 is 5.43 Å². The number of non-ortho nitro benzene ring substituents is 1. The number of anilines is 1. The van der Waals surface area contributed by atoms with Gasteiger partial charge in [-0.2, -0.15) is 5.10 Å². The highest BCUT2D eigenvalue weighted by Crippen LogP contribution is 2.16. The lowest BCUT2D eigenvalue weighted by atomic mass is 10.3. The van der Waals surface area contributed by atoms with Crippen molar-refractivity contribution in [2.24, 2.45) is 5.10 Å². The lowest BCUT2D eigenvalue weighted by Gasteiger charge is -1.97. The largest absolute Gasteiger partial charge is 0.297 e. The van der Waals surface area contributed by atoms with E-state index in [4.69, 9.17) is 0 Å². The Morgan fingerprint density at radius 2 is 2.29 bits per heavy atom. The average molecular weight is 193 g/mol. The highest BCUT2D eigenvalue weighted by Gasteiger charge is 2.04. The first-order valence-electron chi connectivity index (χ1n) is 3.71. The van der Waals surface area contributed by atoms with Crippen molar-refractivity contribution in [2.45, 2.75) is 0 Å². The van der Waals surface area contributed by atoms with Crippen LogP contribution >= 0.6 is 0 Å². The van der Waals surface area contributed by atoms with E-state index < -0.39 is 4.92 Å². The predicted molar refractivity (Wildman–Crippen MR) is 51.3 cm³/mol. The third kappa shape index (κ3) is 2.67. The molecule has 0 spiro atoms. The fraction of sp³-hybridized carbons (Fsp3) is 0. The molecule has 0 bridgehead atoms. The van der Waals surface area contributed by atoms with Gasteiger partial charge in [-0.1, -0.05) is 6.07 Å². The Kier molecular flexibility index (Phi) is 3.31. The van der Waals surface area contributed by atoms with E-state index in [1.807, 2.05) is 0 Å². The number of aldehydes is 1. The number of hydrogen-bond acceptors (Lipinski definition) is 5. The molecule has 0 aromatic heterocycles. The van der Waals surface area contributed by atoms with Crippen LogP contribution in [-0.2, 0) is 4.79 Å². The van der Waals surface area contributed by atoms with Crippen molar-refractivity contribution in [3.8, 4) is 0 Å². The summed E-state index contributed by atoms with van der Waals surface area (Å²) in [6, 6.07) is 5.82. The zero-order valence-electron chi connectivity index (χ0n) is 7.08. The van der Waals surface area contributed by atoms with Crippen LogP contribution in [0.25, 0.3) is 0 Å². The second kappa shape index (κ2) is 4.70. The van der Waals surface area contributed by atoms with Crippen molar-refractivity contribution in [3.63, 3.8) is 0 Å². The van der Waals surface area contributed by atoms with Gasteiger partial charge in [0.1, 0.15) is 0 Å². The Bertz CT molecular complexity index is 376. The van der Waals surface area contributed by atoms with Gasteiger partial charge in [0.15, 0.2) is 6.29 Å². The summed E-state index contributed by atoms with van der Waals surface area (Å²) in [5, 5.41) is 13.9. The Hall–Kier alpha value is -2.24. The van der Waals surface area contributed by atoms with Crippen LogP contribution in [0.15, 0.2) is 29.4 Å². The summed E-state index contributed by atoms with van der Waals surface area (Å²) in [6.45, 7) is 0. The highest BCUT2D eigenvalue weighted by atomic mass is 16.6. The quantitative estimate of drug-likeness (QED) is 0.337. The van der Waals surface area contributed by atoms with Crippen LogP contribution in [0, 0.1) is 10.1 Å². The monoisotopic (exact) mass is 193 g/mol. The molecule has 1 aromatic carbocycles. The number of rotatable bonds is 4. The number of nitrogens with zero attached hydrogens (tertiary/aromatic N) is 2. The number of nitro groups is 1. The molecule has 0 heterocycles. The summed E-state index contributed by atoms with van der Waals surface area (Å²) in [5.74, 6) is 0. The Balaban J connectivity index is 2.78. The maximum absolute atomic E-state index is 10.4. The molecular weight excluding hydrogens is 186 g/mol. The van der Waals surface area contributed by atoms with Gasteiger partial charge in [0.05, 0.1) is 16.8 Å². The summed E-state index contributed by atoms with van der Waals surface area (Å²) in [5.41, 5.74) is 2.90. The number of hydrogen-bond donors (Lipinski definition) is 1. The van der Waals surface area contributed by atoms with Crippen LogP contribution in [-0.4, -0.2) is 17.4 Å². The minimum absolute atomic E-state index is 0.0312. The lowest BCUT2D eigenvalue weighted by molar-refractivity contribution is -0.384. The van der Waals surface area contributed by atoms with Gasteiger partial charge in [0.2, 0.25) is 0 Å². The summed E-state index contributed by atoms with van der Waals surface area (Å²) in [6.07, 6.45) is 1.52. The van der Waals surface area contributed by atoms with E-state index >= 15 is 0 Å². The van der Waals surface area contributed by atoms with E-state index in [-0.39, 0.29) is 5.69 Å². The normalized spacial score (nSPS) is 10.0. The summed E-state index contributed by atoms with van der Waals surface area (Å²) < 4.78 is 0. The van der Waals surface area contributed by atoms with Crippen LogP contribution in [0.4, 0.5) is 11.4 Å². The Morgan fingerprint density at radius 3 is 2.93 bits per heavy atom. The van der Waals surface area contributed by atoms with Gasteiger partial charge in [0.25, 0.3) is 5.69 Å². The van der Waals surface area contributed by atoms with E-state index in [0.717, 1.165) is 6.21 Å². The molecule has 72 valence electrons. The fourth-order valence-corrected chi connectivity index (χ4v) is 0.831. The van der Waals surface area contributed by atoms with E-state index in [2.05, 4.69) is 10.5 Å². The summed E-state index contributed by atoms with van der Waals surface area (Å²) >= 11 is 0. The molecule has 0 radical (unpaired) electrons. The van der Waals surface area contributed by atoms with E-state index in [1.165, 1.54) is 18.2 Å². The van der Waals surface area contributed by atoms with Crippen LogP contribution in [0.2, 0.25) is 0 Å². The first-order valence-corrected chi connectivity index (χ1v) is 3.71. The molecule has 0 fully saturated rings. The first-order chi connectivity index (χ1) is 6.74. The smallest absolute Gasteiger partial charge is 0.271 e. The molecule has 0 saturated heterocycles. The zero-order valence-corrected chi connectivity index (χ0v) is 7.08. The second-order valence-electron chi connectivity index (χ2n) is 2.33. The second-order valence-corrected chi connectivity index (χ2v) is 2.33. The average Bonchev–Trinajstić information content (AvgIpc) is 2.19. The Labute approximate surface area is 79.4 Å². The Morgan fingerprint density at radius 1 is 1.50 bits per heavy atom. The number of benzene rings is 1. The molecule has 0 unspecified atom stereocenters. The summed E-state index contributed by atoms with van der Waals surface area (Å²) in [7, 11) is 0. The predicted octanol–water partition coefficient (Wildman–Crippen LogP) is 1.19. The van der Waals surface area contributed by atoms with Crippen LogP contribution in [0.3, 0.4) is 0 Å². The molecule has 6 nitrogen and oxygen atoms in total. The van der Waals surface area contributed by atoms with Crippen molar-refractivity contribution in [1.29, 1.82) is 0 Å². The topological polar surface area (TPSA) is 84.6 Å².